The zero-order chi connectivity index (χ0) is 22.2. The number of halogens is 3. The molecule has 1 aromatic heterocycles. The van der Waals surface area contributed by atoms with E-state index in [9.17, 15) is 18.0 Å². The van der Waals surface area contributed by atoms with Crippen molar-refractivity contribution in [1.29, 1.82) is 0 Å². The number of benzene rings is 1. The van der Waals surface area contributed by atoms with E-state index in [0.717, 1.165) is 12.1 Å². The predicted molar refractivity (Wildman–Crippen MR) is 99.7 cm³/mol. The Balaban J connectivity index is 1.96. The number of carbonyl (C=O) groups is 1. The third kappa shape index (κ3) is 4.67. The van der Waals surface area contributed by atoms with Gasteiger partial charge in [-0.3, -0.25) is 0 Å². The lowest BCUT2D eigenvalue weighted by atomic mass is 9.92. The van der Waals surface area contributed by atoms with E-state index in [4.69, 9.17) is 18.7 Å². The highest BCUT2D eigenvalue weighted by atomic mass is 19.4. The van der Waals surface area contributed by atoms with Gasteiger partial charge >= 0.3 is 12.1 Å². The summed E-state index contributed by atoms with van der Waals surface area (Å²) >= 11 is 0. The molecule has 30 heavy (non-hydrogen) atoms. The van der Waals surface area contributed by atoms with Crippen molar-refractivity contribution in [3.05, 3.63) is 52.4 Å². The summed E-state index contributed by atoms with van der Waals surface area (Å²) < 4.78 is 60.8. The Morgan fingerprint density at radius 3 is 2.27 bits per heavy atom. The molecule has 3 rings (SSSR count). The SMILES string of the molecule is CCOC(=O)c1noc(Cc2ccc(C(F)(F)F)cc2)c1C1(C)OCC(C)(C)CO1. The molecular weight excluding hydrogens is 403 g/mol. The minimum absolute atomic E-state index is 0.0685. The van der Waals surface area contributed by atoms with E-state index >= 15 is 0 Å². The van der Waals surface area contributed by atoms with Crippen molar-refractivity contribution in [2.75, 3.05) is 19.8 Å². The Morgan fingerprint density at radius 2 is 1.73 bits per heavy atom. The van der Waals surface area contributed by atoms with Gasteiger partial charge in [0, 0.05) is 11.8 Å². The van der Waals surface area contributed by atoms with Crippen LogP contribution in [0.2, 0.25) is 0 Å². The number of nitrogens with zero attached hydrogens (tertiary/aromatic N) is 1. The molecular formula is C21H24F3NO5. The molecule has 2 aromatic rings. The van der Waals surface area contributed by atoms with Crippen LogP contribution < -0.4 is 0 Å². The summed E-state index contributed by atoms with van der Waals surface area (Å²) in [7, 11) is 0. The summed E-state index contributed by atoms with van der Waals surface area (Å²) in [6, 6.07) is 4.70. The number of carbonyl (C=O) groups excluding carboxylic acids is 1. The lowest BCUT2D eigenvalue weighted by molar-refractivity contribution is -0.298. The topological polar surface area (TPSA) is 70.8 Å². The Kier molecular flexibility index (Phi) is 5.97. The quantitative estimate of drug-likeness (QED) is 0.644. The molecule has 0 atom stereocenters. The van der Waals surface area contributed by atoms with Crippen LogP contribution in [0.4, 0.5) is 13.2 Å². The molecule has 0 aliphatic carbocycles. The molecule has 1 aliphatic heterocycles. The molecule has 0 unspecified atom stereocenters. The van der Waals surface area contributed by atoms with Crippen molar-refractivity contribution in [3.8, 4) is 0 Å². The van der Waals surface area contributed by atoms with E-state index in [0.29, 0.717) is 18.8 Å². The minimum Gasteiger partial charge on any atom is -0.461 e. The van der Waals surface area contributed by atoms with Crippen LogP contribution in [-0.2, 0) is 32.6 Å². The monoisotopic (exact) mass is 427 g/mol. The molecule has 1 aliphatic rings. The largest absolute Gasteiger partial charge is 0.461 e. The van der Waals surface area contributed by atoms with Crippen LogP contribution in [0, 0.1) is 5.41 Å². The van der Waals surface area contributed by atoms with Crippen LogP contribution in [0.25, 0.3) is 0 Å². The van der Waals surface area contributed by atoms with Crippen LogP contribution in [0.5, 0.6) is 0 Å². The second-order valence-electron chi connectivity index (χ2n) is 8.11. The lowest BCUT2D eigenvalue weighted by Gasteiger charge is -2.41. The van der Waals surface area contributed by atoms with Crippen molar-refractivity contribution in [2.24, 2.45) is 5.41 Å². The molecule has 6 nitrogen and oxygen atoms in total. The summed E-state index contributed by atoms with van der Waals surface area (Å²) in [5.74, 6) is -1.73. The van der Waals surface area contributed by atoms with Gasteiger partial charge in [0.05, 0.1) is 30.9 Å². The van der Waals surface area contributed by atoms with E-state index in [1.165, 1.54) is 12.1 Å². The third-order valence-electron chi connectivity index (χ3n) is 4.81. The molecule has 0 radical (unpaired) electrons. The maximum Gasteiger partial charge on any atom is 0.416 e. The van der Waals surface area contributed by atoms with E-state index in [-0.39, 0.29) is 35.5 Å². The third-order valence-corrected chi connectivity index (χ3v) is 4.81. The predicted octanol–water partition coefficient (Wildman–Crippen LogP) is 4.71. The summed E-state index contributed by atoms with van der Waals surface area (Å²) in [5.41, 5.74) is -0.189. The van der Waals surface area contributed by atoms with E-state index < -0.39 is 23.5 Å². The highest BCUT2D eigenvalue weighted by Gasteiger charge is 2.45. The van der Waals surface area contributed by atoms with Gasteiger partial charge in [0.1, 0.15) is 0 Å². The Labute approximate surface area is 172 Å². The van der Waals surface area contributed by atoms with Gasteiger partial charge in [-0.25, -0.2) is 4.79 Å². The molecule has 0 saturated carbocycles. The van der Waals surface area contributed by atoms with Crippen LogP contribution in [-0.4, -0.2) is 30.9 Å². The average Bonchev–Trinajstić information content (AvgIpc) is 3.09. The fourth-order valence-electron chi connectivity index (χ4n) is 3.14. The second kappa shape index (κ2) is 8.03. The molecule has 0 spiro atoms. The van der Waals surface area contributed by atoms with Crippen LogP contribution in [0.1, 0.15) is 60.6 Å². The molecule has 164 valence electrons. The fourth-order valence-corrected chi connectivity index (χ4v) is 3.14. The second-order valence-corrected chi connectivity index (χ2v) is 8.11. The Bertz CT molecular complexity index is 892. The molecule has 2 heterocycles. The number of hydrogen-bond acceptors (Lipinski definition) is 6. The van der Waals surface area contributed by atoms with Gasteiger partial charge in [0.25, 0.3) is 0 Å². The first-order chi connectivity index (χ1) is 14.0. The summed E-state index contributed by atoms with van der Waals surface area (Å²) in [6.45, 7) is 8.18. The first-order valence-corrected chi connectivity index (χ1v) is 9.55. The van der Waals surface area contributed by atoms with E-state index in [2.05, 4.69) is 5.16 Å². The first kappa shape index (κ1) is 22.3. The highest BCUT2D eigenvalue weighted by Crippen LogP contribution is 2.40. The van der Waals surface area contributed by atoms with E-state index in [1.54, 1.807) is 13.8 Å². The smallest absolute Gasteiger partial charge is 0.416 e. The van der Waals surface area contributed by atoms with Crippen molar-refractivity contribution >= 4 is 5.97 Å². The van der Waals surface area contributed by atoms with Gasteiger partial charge in [-0.05, 0) is 31.5 Å². The lowest BCUT2D eigenvalue weighted by Crippen LogP contribution is -2.44. The Morgan fingerprint density at radius 1 is 1.13 bits per heavy atom. The summed E-state index contributed by atoms with van der Waals surface area (Å²) in [6.07, 6.45) is -4.32. The van der Waals surface area contributed by atoms with Crippen molar-refractivity contribution in [1.82, 2.24) is 5.16 Å². The summed E-state index contributed by atoms with van der Waals surface area (Å²) in [4.78, 5) is 12.4. The molecule has 1 aromatic carbocycles. The van der Waals surface area contributed by atoms with Gasteiger partial charge in [0.15, 0.2) is 17.2 Å². The summed E-state index contributed by atoms with van der Waals surface area (Å²) in [5, 5.41) is 3.85. The van der Waals surface area contributed by atoms with E-state index in [1.807, 2.05) is 13.8 Å². The minimum atomic E-state index is -4.42. The number of alkyl halides is 3. The van der Waals surface area contributed by atoms with Crippen molar-refractivity contribution in [2.45, 2.75) is 46.1 Å². The number of esters is 1. The zero-order valence-electron chi connectivity index (χ0n) is 17.3. The Hall–Kier alpha value is -2.39. The molecule has 0 N–H and O–H groups in total. The number of hydrogen-bond donors (Lipinski definition) is 0. The zero-order valence-corrected chi connectivity index (χ0v) is 17.3. The average molecular weight is 427 g/mol. The first-order valence-electron chi connectivity index (χ1n) is 9.55. The molecule has 0 amide bonds. The maximum absolute atomic E-state index is 12.8. The van der Waals surface area contributed by atoms with Gasteiger partial charge < -0.3 is 18.7 Å². The van der Waals surface area contributed by atoms with Gasteiger partial charge in [-0.2, -0.15) is 13.2 Å². The van der Waals surface area contributed by atoms with Crippen LogP contribution in [0.15, 0.2) is 28.8 Å². The highest BCUT2D eigenvalue weighted by molar-refractivity contribution is 5.89. The fraction of sp³-hybridized carbons (Fsp3) is 0.524. The molecule has 0 bridgehead atoms. The van der Waals surface area contributed by atoms with Crippen molar-refractivity contribution in [3.63, 3.8) is 0 Å². The van der Waals surface area contributed by atoms with Gasteiger partial charge in [-0.1, -0.05) is 31.1 Å². The van der Waals surface area contributed by atoms with Gasteiger partial charge in [0.2, 0.25) is 0 Å². The number of aromatic nitrogens is 1. The number of ether oxygens (including phenoxy) is 3. The van der Waals surface area contributed by atoms with Gasteiger partial charge in [-0.15, -0.1) is 0 Å². The molecule has 1 fully saturated rings. The molecule has 1 saturated heterocycles. The molecule has 9 heteroatoms. The number of rotatable bonds is 5. The van der Waals surface area contributed by atoms with Crippen LogP contribution in [0.3, 0.4) is 0 Å². The normalized spacial score (nSPS) is 18.2. The standard InChI is InChI=1S/C21H24F3NO5/c1-5-27-18(26)17-16(20(4)28-11-19(2,3)12-29-20)15(30-25-17)10-13-6-8-14(9-7-13)21(22,23)24/h6-9H,5,10-12H2,1-4H3. The van der Waals surface area contributed by atoms with Crippen LogP contribution >= 0.6 is 0 Å². The van der Waals surface area contributed by atoms with Crippen molar-refractivity contribution < 1.29 is 36.7 Å². The maximum atomic E-state index is 12.8.